The van der Waals surface area contributed by atoms with Crippen molar-refractivity contribution < 1.29 is 4.79 Å². The molecule has 2 N–H and O–H groups in total. The number of nitrogens with zero attached hydrogens (tertiary/aromatic N) is 4. The van der Waals surface area contributed by atoms with Crippen LogP contribution in [0.3, 0.4) is 0 Å². The normalized spacial score (nSPS) is 10.5. The summed E-state index contributed by atoms with van der Waals surface area (Å²) in [6, 6.07) is 26.8. The van der Waals surface area contributed by atoms with E-state index in [1.54, 1.807) is 0 Å². The largest absolute Gasteiger partial charge is 0.359 e. The molecular weight excluding hydrogens is 519 g/mol. The van der Waals surface area contributed by atoms with E-state index < -0.39 is 0 Å². The lowest BCUT2D eigenvalue weighted by atomic mass is 10.2. The van der Waals surface area contributed by atoms with Crippen molar-refractivity contribution in [2.75, 3.05) is 20.1 Å². The predicted octanol–water partition coefficient (Wildman–Crippen LogP) is 6.21. The van der Waals surface area contributed by atoms with E-state index in [0.29, 0.717) is 10.0 Å². The van der Waals surface area contributed by atoms with Gasteiger partial charge in [0.2, 0.25) is 6.41 Å². The molecule has 0 radical (unpaired) electrons. The second kappa shape index (κ2) is 13.6. The molecule has 6 aromatic rings. The van der Waals surface area contributed by atoms with Gasteiger partial charge in [0.1, 0.15) is 11.0 Å². The van der Waals surface area contributed by atoms with E-state index in [-0.39, 0.29) is 0 Å². The van der Waals surface area contributed by atoms with E-state index in [9.17, 15) is 4.79 Å². The molecule has 0 saturated carbocycles. The van der Waals surface area contributed by atoms with E-state index in [1.165, 1.54) is 0 Å². The first-order valence-corrected chi connectivity index (χ1v) is 12.8. The van der Waals surface area contributed by atoms with Gasteiger partial charge < -0.3 is 10.6 Å². The van der Waals surface area contributed by atoms with Gasteiger partial charge in [0, 0.05) is 6.54 Å². The molecule has 192 valence electrons. The average Bonchev–Trinajstić information content (AvgIpc) is 2.95. The molecule has 0 aliphatic carbocycles. The first-order chi connectivity index (χ1) is 18.6. The van der Waals surface area contributed by atoms with Crippen molar-refractivity contribution in [3.63, 3.8) is 0 Å². The van der Waals surface area contributed by atoms with Gasteiger partial charge in [-0.2, -0.15) is 0 Å². The van der Waals surface area contributed by atoms with Gasteiger partial charge in [-0.05, 0) is 68.5 Å². The number of halogens is 2. The van der Waals surface area contributed by atoms with Crippen LogP contribution in [-0.2, 0) is 4.79 Å². The Morgan fingerprint density at radius 1 is 0.605 bits per heavy atom. The minimum Gasteiger partial charge on any atom is -0.359 e. The number of fused-ring (bicyclic) bond motifs is 4. The molecule has 0 fully saturated rings. The molecule has 7 nitrogen and oxygen atoms in total. The summed E-state index contributed by atoms with van der Waals surface area (Å²) in [4.78, 5) is 27.6. The summed E-state index contributed by atoms with van der Waals surface area (Å²) in [6.45, 7) is 1.73. The highest BCUT2D eigenvalue weighted by Gasteiger charge is 2.04. The molecule has 4 aromatic carbocycles. The number of aromatic nitrogens is 4. The predicted molar refractivity (Wildman–Crippen MR) is 157 cm³/mol. The summed E-state index contributed by atoms with van der Waals surface area (Å²) in [5, 5.41) is 6.82. The van der Waals surface area contributed by atoms with Crippen LogP contribution in [0.4, 0.5) is 0 Å². The third-order valence-electron chi connectivity index (χ3n) is 5.47. The summed E-state index contributed by atoms with van der Waals surface area (Å²) >= 11 is 12.1. The Morgan fingerprint density at radius 3 is 1.45 bits per heavy atom. The van der Waals surface area contributed by atoms with Crippen LogP contribution in [0.5, 0.6) is 0 Å². The van der Waals surface area contributed by atoms with E-state index in [1.807, 2.05) is 92.0 Å². The Labute approximate surface area is 230 Å². The number of hydrogen-bond acceptors (Lipinski definition) is 6. The molecule has 0 bridgehead atoms. The van der Waals surface area contributed by atoms with Crippen molar-refractivity contribution in [2.24, 2.45) is 0 Å². The number of carbonyl (C=O) groups excluding carboxylic acids is 1. The molecule has 2 heterocycles. The van der Waals surface area contributed by atoms with Crippen LogP contribution >= 0.6 is 23.2 Å². The van der Waals surface area contributed by atoms with Crippen molar-refractivity contribution >= 4 is 73.7 Å². The second-order valence-corrected chi connectivity index (χ2v) is 8.98. The van der Waals surface area contributed by atoms with Crippen LogP contribution in [0, 0.1) is 0 Å². The van der Waals surface area contributed by atoms with E-state index in [2.05, 4.69) is 30.6 Å². The fourth-order valence-electron chi connectivity index (χ4n) is 3.64. The highest BCUT2D eigenvalue weighted by Crippen LogP contribution is 2.23. The zero-order valence-electron chi connectivity index (χ0n) is 20.7. The number of rotatable bonds is 5. The summed E-state index contributed by atoms with van der Waals surface area (Å²) in [5.41, 5.74) is 6.73. The summed E-state index contributed by atoms with van der Waals surface area (Å²) < 4.78 is 0. The first kappa shape index (κ1) is 27.1. The zero-order chi connectivity index (χ0) is 26.7. The molecule has 1 amide bonds. The quantitative estimate of drug-likeness (QED) is 0.152. The Balaban J connectivity index is 0.000000140. The van der Waals surface area contributed by atoms with Gasteiger partial charge in [-0.1, -0.05) is 59.6 Å². The zero-order valence-corrected chi connectivity index (χ0v) is 22.2. The minimum absolute atomic E-state index is 0.644. The maximum atomic E-state index is 9.64. The lowest BCUT2D eigenvalue weighted by molar-refractivity contribution is -0.109. The van der Waals surface area contributed by atoms with Crippen LogP contribution in [-0.4, -0.2) is 46.5 Å². The lowest BCUT2D eigenvalue weighted by Crippen LogP contribution is -2.17. The highest BCUT2D eigenvalue weighted by atomic mass is 35.5. The van der Waals surface area contributed by atoms with Gasteiger partial charge >= 0.3 is 0 Å². The fraction of sp³-hybridized carbons (Fsp3) is 0.138. The van der Waals surface area contributed by atoms with Gasteiger partial charge in [-0.25, -0.2) is 19.9 Å². The van der Waals surface area contributed by atoms with Crippen molar-refractivity contribution in [2.45, 2.75) is 6.42 Å². The summed E-state index contributed by atoms with van der Waals surface area (Å²) in [5.74, 6) is 0. The average molecular weight is 545 g/mol. The molecule has 0 atom stereocenters. The van der Waals surface area contributed by atoms with Crippen LogP contribution in [0.25, 0.3) is 44.1 Å². The summed E-state index contributed by atoms with van der Waals surface area (Å²) in [7, 11) is 1.89. The minimum atomic E-state index is 0.644. The number of nitrogens with one attached hydrogen (secondary N) is 2. The maximum absolute atomic E-state index is 9.64. The SMILES string of the molecule is CNCCCNC=O.Clc1cccc2nc3ccccc3nc12.Clc1cccc2nc3ccccc3nc12. The molecule has 9 heteroatoms. The lowest BCUT2D eigenvalue weighted by Gasteiger charge is -2.01. The van der Waals surface area contributed by atoms with Gasteiger partial charge in [-0.3, -0.25) is 4.79 Å². The van der Waals surface area contributed by atoms with E-state index in [0.717, 1.165) is 70.1 Å². The second-order valence-electron chi connectivity index (χ2n) is 8.17. The van der Waals surface area contributed by atoms with Crippen molar-refractivity contribution in [3.05, 3.63) is 95.0 Å². The topological polar surface area (TPSA) is 92.7 Å². The van der Waals surface area contributed by atoms with Crippen molar-refractivity contribution in [3.8, 4) is 0 Å². The molecule has 38 heavy (non-hydrogen) atoms. The van der Waals surface area contributed by atoms with E-state index >= 15 is 0 Å². The number of benzene rings is 4. The molecule has 6 rings (SSSR count). The Kier molecular flexibility index (Phi) is 9.70. The molecule has 2 aromatic heterocycles. The molecule has 0 aliphatic heterocycles. The van der Waals surface area contributed by atoms with Crippen molar-refractivity contribution in [1.82, 2.24) is 30.6 Å². The van der Waals surface area contributed by atoms with Crippen molar-refractivity contribution in [1.29, 1.82) is 0 Å². The molecule has 0 saturated heterocycles. The summed E-state index contributed by atoms with van der Waals surface area (Å²) in [6.07, 6.45) is 1.71. The standard InChI is InChI=1S/2C12H7ClN2.C5H12N2O/c2*13-8-4-3-7-11-12(8)15-10-6-2-1-5-9(10)14-11;1-6-3-2-4-7-5-8/h2*1-7H;5-6H,2-4H2,1H3,(H,7,8). The third-order valence-corrected chi connectivity index (χ3v) is 6.08. The maximum Gasteiger partial charge on any atom is 0.207 e. The van der Waals surface area contributed by atoms with Gasteiger partial charge in [0.15, 0.2) is 0 Å². The molecule has 0 unspecified atom stereocenters. The van der Waals surface area contributed by atoms with Crippen LogP contribution in [0.2, 0.25) is 10.0 Å². The Morgan fingerprint density at radius 2 is 1.03 bits per heavy atom. The smallest absolute Gasteiger partial charge is 0.207 e. The third kappa shape index (κ3) is 6.89. The number of amides is 1. The van der Waals surface area contributed by atoms with Gasteiger partial charge in [-0.15, -0.1) is 0 Å². The Bertz CT molecular complexity index is 1560. The fourth-order valence-corrected chi connectivity index (χ4v) is 4.07. The number of hydrogen-bond donors (Lipinski definition) is 2. The van der Waals surface area contributed by atoms with Crippen LogP contribution in [0.15, 0.2) is 84.9 Å². The van der Waals surface area contributed by atoms with Crippen LogP contribution in [0.1, 0.15) is 6.42 Å². The van der Waals surface area contributed by atoms with Gasteiger partial charge in [0.05, 0.1) is 43.1 Å². The number of carbonyl (C=O) groups is 1. The molecular formula is C29H26Cl2N6O. The highest BCUT2D eigenvalue weighted by molar-refractivity contribution is 6.35. The molecule has 0 spiro atoms. The van der Waals surface area contributed by atoms with E-state index in [4.69, 9.17) is 23.2 Å². The van der Waals surface area contributed by atoms with Gasteiger partial charge in [0.25, 0.3) is 0 Å². The number of para-hydroxylation sites is 6. The Hall–Kier alpha value is -3.91. The first-order valence-electron chi connectivity index (χ1n) is 12.0. The monoisotopic (exact) mass is 544 g/mol. The molecule has 0 aliphatic rings. The van der Waals surface area contributed by atoms with Crippen LogP contribution < -0.4 is 10.6 Å².